The van der Waals surface area contributed by atoms with Gasteiger partial charge in [-0.15, -0.1) is 10.2 Å². The third-order valence-corrected chi connectivity index (χ3v) is 7.01. The maximum absolute atomic E-state index is 12.7. The van der Waals surface area contributed by atoms with Crippen LogP contribution in [0.5, 0.6) is 0 Å². The first-order valence-corrected chi connectivity index (χ1v) is 11.2. The average molecular weight is 383 g/mol. The number of thioether (sulfide) groups is 1. The zero-order chi connectivity index (χ0) is 17.9. The van der Waals surface area contributed by atoms with E-state index in [-0.39, 0.29) is 29.2 Å². The number of fused-ring (bicyclic) bond motifs is 1. The van der Waals surface area contributed by atoms with Gasteiger partial charge in [0.15, 0.2) is 20.6 Å². The molecule has 3 rings (SSSR count). The van der Waals surface area contributed by atoms with Crippen LogP contribution in [-0.2, 0) is 14.6 Å². The zero-order valence-corrected chi connectivity index (χ0v) is 15.8. The van der Waals surface area contributed by atoms with Crippen molar-refractivity contribution in [3.8, 4) is 0 Å². The number of nitrogens with zero attached hydrogens (tertiary/aromatic N) is 4. The molecule has 1 atom stereocenters. The molecule has 0 spiro atoms. The number of rotatable bonds is 7. The number of sulfone groups is 1. The Balaban J connectivity index is 1.67. The number of amides is 1. The summed E-state index contributed by atoms with van der Waals surface area (Å²) in [6, 6.07) is 5.44. The Hall–Kier alpha value is -1.61. The van der Waals surface area contributed by atoms with Gasteiger partial charge in [-0.25, -0.2) is 8.42 Å². The molecule has 3 heterocycles. The van der Waals surface area contributed by atoms with Gasteiger partial charge in [-0.2, -0.15) is 0 Å². The van der Waals surface area contributed by atoms with Crippen LogP contribution in [0.1, 0.15) is 26.2 Å². The van der Waals surface area contributed by atoms with Crippen molar-refractivity contribution in [1.29, 1.82) is 0 Å². The van der Waals surface area contributed by atoms with Crippen LogP contribution in [0.25, 0.3) is 5.65 Å². The Labute approximate surface area is 151 Å². The largest absolute Gasteiger partial charge is 0.338 e. The topological polar surface area (TPSA) is 84.6 Å². The SMILES string of the molecule is CCCCN(C(=O)CSc1nnc2ccccn12)[C@@H]1CCS(=O)(=O)C1. The molecule has 7 nitrogen and oxygen atoms in total. The van der Waals surface area contributed by atoms with Crippen molar-refractivity contribution in [3.63, 3.8) is 0 Å². The summed E-state index contributed by atoms with van der Waals surface area (Å²) in [6.45, 7) is 2.67. The van der Waals surface area contributed by atoms with Gasteiger partial charge >= 0.3 is 0 Å². The Morgan fingerprint density at radius 1 is 1.40 bits per heavy atom. The number of carbonyl (C=O) groups is 1. The van der Waals surface area contributed by atoms with E-state index < -0.39 is 9.84 Å². The molecule has 0 saturated carbocycles. The van der Waals surface area contributed by atoms with Gasteiger partial charge in [-0.3, -0.25) is 9.20 Å². The first-order valence-electron chi connectivity index (χ1n) is 8.42. The van der Waals surface area contributed by atoms with E-state index in [0.717, 1.165) is 18.5 Å². The van der Waals surface area contributed by atoms with Gasteiger partial charge in [-0.1, -0.05) is 31.2 Å². The second-order valence-electron chi connectivity index (χ2n) is 6.20. The van der Waals surface area contributed by atoms with Gasteiger partial charge < -0.3 is 4.90 Å². The summed E-state index contributed by atoms with van der Waals surface area (Å²) in [6.07, 6.45) is 4.24. The molecule has 25 heavy (non-hydrogen) atoms. The van der Waals surface area contributed by atoms with Crippen LogP contribution in [0.15, 0.2) is 29.6 Å². The van der Waals surface area contributed by atoms with E-state index in [1.54, 1.807) is 4.90 Å². The summed E-state index contributed by atoms with van der Waals surface area (Å²) in [7, 11) is -3.01. The summed E-state index contributed by atoms with van der Waals surface area (Å²) in [5.41, 5.74) is 0.738. The van der Waals surface area contributed by atoms with Gasteiger partial charge in [0, 0.05) is 18.8 Å². The first-order chi connectivity index (χ1) is 12.0. The molecule has 9 heteroatoms. The smallest absolute Gasteiger partial charge is 0.233 e. The van der Waals surface area contributed by atoms with Crippen molar-refractivity contribution in [2.24, 2.45) is 0 Å². The van der Waals surface area contributed by atoms with E-state index in [1.807, 2.05) is 28.8 Å². The first kappa shape index (κ1) is 18.2. The molecule has 2 aromatic rings. The minimum atomic E-state index is -3.01. The van der Waals surface area contributed by atoms with Crippen LogP contribution in [0.4, 0.5) is 0 Å². The maximum atomic E-state index is 12.7. The number of hydrogen-bond donors (Lipinski definition) is 0. The van der Waals surface area contributed by atoms with E-state index in [0.29, 0.717) is 18.1 Å². The quantitative estimate of drug-likeness (QED) is 0.677. The molecule has 0 aromatic carbocycles. The Bertz CT molecular complexity index is 850. The Morgan fingerprint density at radius 2 is 2.24 bits per heavy atom. The van der Waals surface area contributed by atoms with Gasteiger partial charge in [0.1, 0.15) is 0 Å². The molecule has 2 aromatic heterocycles. The van der Waals surface area contributed by atoms with E-state index in [2.05, 4.69) is 17.1 Å². The van der Waals surface area contributed by atoms with Crippen molar-refractivity contribution < 1.29 is 13.2 Å². The predicted octanol–water partition coefficient (Wildman–Crippen LogP) is 1.64. The van der Waals surface area contributed by atoms with Crippen LogP contribution in [-0.4, -0.2) is 63.7 Å². The molecule has 0 bridgehead atoms. The second kappa shape index (κ2) is 7.74. The van der Waals surface area contributed by atoms with Gasteiger partial charge in [0.25, 0.3) is 0 Å². The summed E-state index contributed by atoms with van der Waals surface area (Å²) in [4.78, 5) is 14.5. The normalized spacial score (nSPS) is 19.3. The van der Waals surface area contributed by atoms with Crippen molar-refractivity contribution in [1.82, 2.24) is 19.5 Å². The predicted molar refractivity (Wildman–Crippen MR) is 97.4 cm³/mol. The molecular weight excluding hydrogens is 360 g/mol. The van der Waals surface area contributed by atoms with Crippen LogP contribution in [0.3, 0.4) is 0 Å². The fourth-order valence-electron chi connectivity index (χ4n) is 2.99. The molecule has 1 amide bonds. The molecule has 1 aliphatic rings. The second-order valence-corrected chi connectivity index (χ2v) is 9.37. The highest BCUT2D eigenvalue weighted by Gasteiger charge is 2.34. The molecule has 0 aliphatic carbocycles. The minimum absolute atomic E-state index is 0.0340. The average Bonchev–Trinajstić information content (AvgIpc) is 3.16. The van der Waals surface area contributed by atoms with Crippen LogP contribution < -0.4 is 0 Å². The molecule has 136 valence electrons. The molecule has 0 radical (unpaired) electrons. The minimum Gasteiger partial charge on any atom is -0.338 e. The lowest BCUT2D eigenvalue weighted by atomic mass is 10.2. The van der Waals surface area contributed by atoms with Crippen LogP contribution in [0, 0.1) is 0 Å². The van der Waals surface area contributed by atoms with Crippen LogP contribution >= 0.6 is 11.8 Å². The van der Waals surface area contributed by atoms with Gasteiger partial charge in [-0.05, 0) is 25.0 Å². The third kappa shape index (κ3) is 4.33. The number of aromatic nitrogens is 3. The summed E-state index contributed by atoms with van der Waals surface area (Å²) in [5.74, 6) is 0.458. The van der Waals surface area contributed by atoms with Crippen molar-refractivity contribution >= 4 is 33.2 Å². The fraction of sp³-hybridized carbons (Fsp3) is 0.562. The van der Waals surface area contributed by atoms with Gasteiger partial charge in [0.2, 0.25) is 5.91 Å². The van der Waals surface area contributed by atoms with Crippen molar-refractivity contribution in [2.75, 3.05) is 23.8 Å². The van der Waals surface area contributed by atoms with E-state index >= 15 is 0 Å². The number of carbonyl (C=O) groups excluding carboxylic acids is 1. The third-order valence-electron chi connectivity index (χ3n) is 4.33. The van der Waals surface area contributed by atoms with E-state index in [9.17, 15) is 13.2 Å². The maximum Gasteiger partial charge on any atom is 0.233 e. The van der Waals surface area contributed by atoms with E-state index in [1.165, 1.54) is 11.8 Å². The standard InChI is InChI=1S/C16H22N4O3S2/c1-2-3-8-19(13-7-10-25(22,23)12-13)15(21)11-24-16-18-17-14-6-4-5-9-20(14)16/h4-6,9,13H,2-3,7-8,10-12H2,1H3/t13-/m1/s1. The van der Waals surface area contributed by atoms with Gasteiger partial charge in [0.05, 0.1) is 17.3 Å². The molecule has 1 saturated heterocycles. The number of unbranched alkanes of at least 4 members (excludes halogenated alkanes) is 1. The lowest BCUT2D eigenvalue weighted by Gasteiger charge is -2.28. The highest BCUT2D eigenvalue weighted by molar-refractivity contribution is 7.99. The van der Waals surface area contributed by atoms with E-state index in [4.69, 9.17) is 0 Å². The van der Waals surface area contributed by atoms with Crippen LogP contribution in [0.2, 0.25) is 0 Å². The summed E-state index contributed by atoms with van der Waals surface area (Å²) < 4.78 is 25.4. The summed E-state index contributed by atoms with van der Waals surface area (Å²) >= 11 is 1.33. The lowest BCUT2D eigenvalue weighted by molar-refractivity contribution is -0.130. The highest BCUT2D eigenvalue weighted by atomic mass is 32.2. The molecule has 1 aliphatic heterocycles. The molecule has 1 fully saturated rings. The molecule has 0 N–H and O–H groups in total. The Kier molecular flexibility index (Phi) is 5.63. The lowest BCUT2D eigenvalue weighted by Crippen LogP contribution is -2.42. The highest BCUT2D eigenvalue weighted by Crippen LogP contribution is 2.22. The molecular formula is C16H22N4O3S2. The fourth-order valence-corrected chi connectivity index (χ4v) is 5.53. The molecule has 0 unspecified atom stereocenters. The van der Waals surface area contributed by atoms with Crippen molar-refractivity contribution in [2.45, 2.75) is 37.4 Å². The monoisotopic (exact) mass is 382 g/mol. The Morgan fingerprint density at radius 3 is 2.96 bits per heavy atom. The zero-order valence-electron chi connectivity index (χ0n) is 14.2. The summed E-state index contributed by atoms with van der Waals surface area (Å²) in [5, 5.41) is 8.86. The number of hydrogen-bond acceptors (Lipinski definition) is 6. The number of pyridine rings is 1. The van der Waals surface area contributed by atoms with Crippen molar-refractivity contribution in [3.05, 3.63) is 24.4 Å².